The van der Waals surface area contributed by atoms with Crippen molar-refractivity contribution in [3.63, 3.8) is 0 Å². The highest BCUT2D eigenvalue weighted by Gasteiger charge is 2.79. The Labute approximate surface area is 319 Å². The maximum atomic E-state index is 12.8. The van der Waals surface area contributed by atoms with Crippen molar-refractivity contribution < 1.29 is 48.1 Å². The van der Waals surface area contributed by atoms with E-state index in [0.717, 1.165) is 89.4 Å². The van der Waals surface area contributed by atoms with Crippen molar-refractivity contribution in [1.29, 1.82) is 0 Å². The Kier molecular flexibility index (Phi) is 7.65. The Hall–Kier alpha value is -3.05. The zero-order chi connectivity index (χ0) is 35.8. The molecule has 4 bridgehead atoms. The van der Waals surface area contributed by atoms with Crippen LogP contribution in [0.25, 0.3) is 0 Å². The van der Waals surface area contributed by atoms with E-state index in [2.05, 4.69) is 14.1 Å². The number of piperidine rings is 2. The molecule has 4 heterocycles. The molecule has 54 heavy (non-hydrogen) atoms. The minimum Gasteiger partial charge on any atom is -0.504 e. The quantitative estimate of drug-likeness (QED) is 0.311. The van der Waals surface area contributed by atoms with Gasteiger partial charge in [0.15, 0.2) is 41.0 Å². The molecule has 2 saturated heterocycles. The van der Waals surface area contributed by atoms with Gasteiger partial charge in [0.05, 0.1) is 51.1 Å². The van der Waals surface area contributed by atoms with Crippen molar-refractivity contribution in [3.8, 4) is 11.5 Å². The average Bonchev–Trinajstić information content (AvgIpc) is 4.03. The van der Waals surface area contributed by atoms with E-state index in [1.165, 1.54) is 25.7 Å². The number of benzene rings is 1. The molecule has 3 N–H and O–H groups in total. The molecule has 7 aliphatic carbocycles. The number of rotatable bonds is 4. The maximum absolute atomic E-state index is 12.8. The van der Waals surface area contributed by atoms with Crippen LogP contribution in [0.5, 0.6) is 11.5 Å². The number of aliphatic hydroxyl groups is 2. The van der Waals surface area contributed by atoms with Crippen LogP contribution in [0.15, 0.2) is 35.6 Å². The van der Waals surface area contributed by atoms with Gasteiger partial charge in [0.25, 0.3) is 0 Å². The van der Waals surface area contributed by atoms with E-state index >= 15 is 0 Å². The number of aromatic hydroxyl groups is 1. The number of nitrogens with zero attached hydrogens (tertiary/aromatic N) is 2. The standard InChI is InChI=1S/C21H26NO4.C21H25NO4.2CH3/c2*1-22(11-12-2-3-12)9-8-20-17-13-4-5-14(23)18(17)26-19(20)15(24)6-7-21(20,25)16(22)10-13;;/h4-5,12-13,16,19,25H,2-3,6-11H2,1H3;4-5,12,16,19,25H,2-3,6-11H2,1H3;2*1H3/q+1;;2*-1/p+1/t13?,16-,19+,20+,21-,22?;16-,19+,20+,21-,22?;;/m11../s1. The van der Waals surface area contributed by atoms with E-state index in [0.29, 0.717) is 37.2 Å². The van der Waals surface area contributed by atoms with Gasteiger partial charge in [-0.25, -0.2) is 0 Å². The van der Waals surface area contributed by atoms with Crippen LogP contribution in [0.2, 0.25) is 0 Å². The third-order valence-electron chi connectivity index (χ3n) is 16.7. The maximum Gasteiger partial charge on any atom is 0.220 e. The number of ether oxygens (including phenoxy) is 2. The highest BCUT2D eigenvalue weighted by molar-refractivity contribution is 6.06. The van der Waals surface area contributed by atoms with E-state index in [-0.39, 0.29) is 56.0 Å². The number of Topliss-reactive ketones (excluding diaryl/α,β-unsaturated/α-hetero) is 2. The Morgan fingerprint density at radius 2 is 1.35 bits per heavy atom. The fourth-order valence-electron chi connectivity index (χ4n) is 14.1. The second-order valence-electron chi connectivity index (χ2n) is 19.4. The number of hydrogen-bond acceptors (Lipinski definition) is 8. The molecule has 3 unspecified atom stereocenters. The van der Waals surface area contributed by atoms with E-state index < -0.39 is 34.2 Å². The van der Waals surface area contributed by atoms with Gasteiger partial charge in [-0.15, -0.1) is 0 Å². The van der Waals surface area contributed by atoms with Crippen LogP contribution in [0.4, 0.5) is 0 Å². The summed E-state index contributed by atoms with van der Waals surface area (Å²) in [7, 11) is 4.61. The zero-order valence-corrected chi connectivity index (χ0v) is 32.4. The normalized spacial score (nSPS) is 46.5. The van der Waals surface area contributed by atoms with Crippen LogP contribution in [-0.4, -0.2) is 117 Å². The van der Waals surface area contributed by atoms with E-state index in [4.69, 9.17) is 9.47 Å². The first kappa shape index (κ1) is 36.6. The molecule has 0 aromatic heterocycles. The van der Waals surface area contributed by atoms with Crippen molar-refractivity contribution in [2.45, 2.75) is 118 Å². The van der Waals surface area contributed by atoms with E-state index in [1.54, 1.807) is 12.1 Å². The lowest BCUT2D eigenvalue weighted by Crippen LogP contribution is -2.80. The molecular formula is C44H58N2O8. The van der Waals surface area contributed by atoms with Gasteiger partial charge in [0.1, 0.15) is 23.3 Å². The summed E-state index contributed by atoms with van der Waals surface area (Å²) in [6.45, 7) is 4.18. The molecule has 1 aromatic rings. The molecule has 11 atom stereocenters. The Balaban J connectivity index is 0.000000137. The van der Waals surface area contributed by atoms with Crippen LogP contribution >= 0.6 is 0 Å². The van der Waals surface area contributed by atoms with Crippen LogP contribution in [0, 0.1) is 38.0 Å². The van der Waals surface area contributed by atoms with Crippen molar-refractivity contribution >= 4 is 17.3 Å². The molecule has 10 nitrogen and oxygen atoms in total. The van der Waals surface area contributed by atoms with Gasteiger partial charge < -0.3 is 48.6 Å². The summed E-state index contributed by atoms with van der Waals surface area (Å²) in [5.74, 6) is 2.65. The van der Waals surface area contributed by atoms with Gasteiger partial charge in [-0.2, -0.15) is 0 Å². The smallest absolute Gasteiger partial charge is 0.220 e. The summed E-state index contributed by atoms with van der Waals surface area (Å²) < 4.78 is 13.9. The summed E-state index contributed by atoms with van der Waals surface area (Å²) >= 11 is 0. The monoisotopic (exact) mass is 742 g/mol. The minimum atomic E-state index is -0.938. The van der Waals surface area contributed by atoms with Crippen LogP contribution < -0.4 is 4.74 Å². The Morgan fingerprint density at radius 1 is 0.778 bits per heavy atom. The molecule has 7 fully saturated rings. The molecule has 11 aliphatic rings. The molecule has 12 rings (SSSR count). The van der Waals surface area contributed by atoms with Crippen molar-refractivity contribution in [3.05, 3.63) is 61.6 Å². The van der Waals surface area contributed by atoms with Crippen molar-refractivity contribution in [2.75, 3.05) is 40.3 Å². The number of carbonyl (C=O) groups is 3. The summed E-state index contributed by atoms with van der Waals surface area (Å²) in [5.41, 5.74) is -0.162. The van der Waals surface area contributed by atoms with Gasteiger partial charge in [-0.05, 0) is 61.8 Å². The molecule has 0 radical (unpaired) electrons. The highest BCUT2D eigenvalue weighted by Crippen LogP contribution is 2.69. The lowest BCUT2D eigenvalue weighted by Gasteiger charge is -2.66. The second kappa shape index (κ2) is 11.3. The average molecular weight is 743 g/mol. The minimum absolute atomic E-state index is 0. The SMILES string of the molecule is C[N+]1(CC2CC2)CC[C@]23C4=C5O[C@H]2C(=O)CC[C@@]3(O)[C@H]1CC4C=CC5=O.C[N+]1(CC2CC2)CC[C@]23c4c5ccc(O)c4O[C@H]2C(=O)CC[C@@]3(O)[C@H]1C5.[CH3-].[CH3-]. The zero-order valence-electron chi connectivity index (χ0n) is 32.4. The first-order valence-corrected chi connectivity index (χ1v) is 20.1. The number of phenolic OH excluding ortho intramolecular Hbond substituents is 1. The molecular weight excluding hydrogens is 684 g/mol. The molecule has 10 heteroatoms. The number of quaternary nitrogens is 2. The fourth-order valence-corrected chi connectivity index (χ4v) is 14.1. The molecule has 0 amide bonds. The number of likely N-dealkylation sites (tertiary alicyclic amines) is 2. The molecule has 5 saturated carbocycles. The van der Waals surface area contributed by atoms with Gasteiger partial charge in [0, 0.05) is 61.8 Å². The van der Waals surface area contributed by atoms with Crippen LogP contribution in [0.3, 0.4) is 0 Å². The highest BCUT2D eigenvalue weighted by atomic mass is 16.5. The number of carbonyl (C=O) groups excluding carboxylic acids is 3. The van der Waals surface area contributed by atoms with Crippen LogP contribution in [-0.2, 0) is 31.0 Å². The summed E-state index contributed by atoms with van der Waals surface area (Å²) in [5, 5.41) is 34.7. The number of hydrogen-bond donors (Lipinski definition) is 3. The first-order chi connectivity index (χ1) is 24.8. The number of phenols is 1. The van der Waals surface area contributed by atoms with Crippen molar-refractivity contribution in [2.24, 2.45) is 23.2 Å². The lowest BCUT2D eigenvalue weighted by molar-refractivity contribution is -0.952. The third kappa shape index (κ3) is 4.24. The van der Waals surface area contributed by atoms with Crippen molar-refractivity contribution in [1.82, 2.24) is 0 Å². The number of ketones is 3. The number of likely N-dealkylation sites (N-methyl/N-ethyl adjacent to an activating group) is 2. The number of allylic oxidation sites excluding steroid dienone is 2. The fraction of sp³-hybridized carbons (Fsp3) is 0.659. The molecule has 292 valence electrons. The van der Waals surface area contributed by atoms with Gasteiger partial charge in [-0.3, -0.25) is 14.4 Å². The second-order valence-corrected chi connectivity index (χ2v) is 19.4. The molecule has 4 aliphatic heterocycles. The van der Waals surface area contributed by atoms with Gasteiger partial charge >= 0.3 is 0 Å². The predicted octanol–water partition coefficient (Wildman–Crippen LogP) is 4.08. The summed E-state index contributed by atoms with van der Waals surface area (Å²) in [6, 6.07) is 3.89. The Bertz CT molecular complexity index is 1930. The van der Waals surface area contributed by atoms with E-state index in [1.807, 2.05) is 12.1 Å². The summed E-state index contributed by atoms with van der Waals surface area (Å²) in [4.78, 5) is 38.1. The topological polar surface area (TPSA) is 130 Å². The van der Waals surface area contributed by atoms with E-state index in [9.17, 15) is 29.7 Å². The third-order valence-corrected chi connectivity index (χ3v) is 16.7. The Morgan fingerprint density at radius 3 is 1.98 bits per heavy atom. The predicted molar refractivity (Wildman–Crippen MR) is 200 cm³/mol. The lowest BCUT2D eigenvalue weighted by atomic mass is 9.45. The molecule has 2 spiro atoms. The summed E-state index contributed by atoms with van der Waals surface area (Å²) in [6.07, 6.45) is 12.5. The first-order valence-electron chi connectivity index (χ1n) is 20.1. The molecule has 1 aromatic carbocycles. The largest absolute Gasteiger partial charge is 0.504 e. The van der Waals surface area contributed by atoms with Gasteiger partial charge in [-0.1, -0.05) is 12.1 Å². The van der Waals surface area contributed by atoms with Crippen LogP contribution in [0.1, 0.15) is 81.8 Å². The van der Waals surface area contributed by atoms with Gasteiger partial charge in [0.2, 0.25) is 5.78 Å².